The van der Waals surface area contributed by atoms with E-state index in [-0.39, 0.29) is 6.61 Å². The molecule has 1 N–H and O–H groups in total. The van der Waals surface area contributed by atoms with Crippen molar-refractivity contribution in [3.63, 3.8) is 0 Å². The summed E-state index contributed by atoms with van der Waals surface area (Å²) in [6.45, 7) is 1.25. The Morgan fingerprint density at radius 2 is 2.35 bits per heavy atom. The van der Waals surface area contributed by atoms with Gasteiger partial charge in [0, 0.05) is 6.54 Å². The van der Waals surface area contributed by atoms with Gasteiger partial charge in [-0.3, -0.25) is 4.90 Å². The second-order valence-corrected chi connectivity index (χ2v) is 6.04. The fourth-order valence-electron chi connectivity index (χ4n) is 1.33. The van der Waals surface area contributed by atoms with Crippen LogP contribution in [0.1, 0.15) is 5.89 Å². The van der Waals surface area contributed by atoms with E-state index in [1.165, 1.54) is 0 Å². The van der Waals surface area contributed by atoms with Crippen molar-refractivity contribution in [2.24, 2.45) is 0 Å². The molecule has 0 amide bonds. The van der Waals surface area contributed by atoms with Gasteiger partial charge >= 0.3 is 0 Å². The molecular formula is C10H12BrN3O2S. The molecule has 7 heteroatoms. The summed E-state index contributed by atoms with van der Waals surface area (Å²) in [4.78, 5) is 7.19. The minimum atomic E-state index is 0.120. The van der Waals surface area contributed by atoms with E-state index in [0.29, 0.717) is 24.8 Å². The SMILES string of the molecule is CN(CCO)Cc1nc(-c2ccc(Br)s2)no1. The van der Waals surface area contributed by atoms with Crippen LogP contribution in [0.4, 0.5) is 0 Å². The van der Waals surface area contributed by atoms with Crippen molar-refractivity contribution < 1.29 is 9.63 Å². The first kappa shape index (κ1) is 12.7. The highest BCUT2D eigenvalue weighted by Gasteiger charge is 2.11. The maximum atomic E-state index is 8.79. The van der Waals surface area contributed by atoms with Gasteiger partial charge in [0.05, 0.1) is 21.8 Å². The standard InChI is InChI=1S/C10H12BrN3O2S/c1-14(4-5-15)6-9-12-10(13-16-9)7-2-3-8(11)17-7/h2-3,15H,4-6H2,1H3. The molecule has 2 aromatic heterocycles. The molecule has 0 saturated carbocycles. The van der Waals surface area contributed by atoms with Crippen molar-refractivity contribution in [2.75, 3.05) is 20.2 Å². The minimum absolute atomic E-state index is 0.120. The van der Waals surface area contributed by atoms with E-state index in [1.807, 2.05) is 24.1 Å². The van der Waals surface area contributed by atoms with Gasteiger partial charge in [0.15, 0.2) is 0 Å². The normalized spacial score (nSPS) is 11.3. The minimum Gasteiger partial charge on any atom is -0.395 e. The highest BCUT2D eigenvalue weighted by molar-refractivity contribution is 9.11. The van der Waals surface area contributed by atoms with Gasteiger partial charge in [-0.25, -0.2) is 0 Å². The Morgan fingerprint density at radius 1 is 1.53 bits per heavy atom. The van der Waals surface area contributed by atoms with Crippen LogP contribution in [0.25, 0.3) is 10.7 Å². The molecule has 5 nitrogen and oxygen atoms in total. The molecule has 0 atom stereocenters. The van der Waals surface area contributed by atoms with Crippen molar-refractivity contribution in [2.45, 2.75) is 6.54 Å². The molecule has 0 radical (unpaired) electrons. The Balaban J connectivity index is 2.05. The van der Waals surface area contributed by atoms with Crippen LogP contribution >= 0.6 is 27.3 Å². The van der Waals surface area contributed by atoms with Gasteiger partial charge < -0.3 is 9.63 Å². The van der Waals surface area contributed by atoms with Crippen LogP contribution in [0, 0.1) is 0 Å². The maximum Gasteiger partial charge on any atom is 0.241 e. The average molecular weight is 318 g/mol. The molecule has 0 aliphatic heterocycles. The Labute approximate surface area is 111 Å². The maximum absolute atomic E-state index is 8.79. The van der Waals surface area contributed by atoms with Gasteiger partial charge in [0.25, 0.3) is 0 Å². The number of halogens is 1. The molecule has 0 aliphatic rings. The summed E-state index contributed by atoms with van der Waals surface area (Å²) in [6.07, 6.45) is 0. The lowest BCUT2D eigenvalue weighted by Gasteiger charge is -2.10. The predicted octanol–water partition coefficient (Wildman–Crippen LogP) is 1.98. The summed E-state index contributed by atoms with van der Waals surface area (Å²) in [7, 11) is 1.89. The van der Waals surface area contributed by atoms with Crippen molar-refractivity contribution in [1.29, 1.82) is 0 Å². The summed E-state index contributed by atoms with van der Waals surface area (Å²) in [5.74, 6) is 1.16. The van der Waals surface area contributed by atoms with Crippen LogP contribution in [-0.4, -0.2) is 40.3 Å². The van der Waals surface area contributed by atoms with Crippen LogP contribution in [0.15, 0.2) is 20.4 Å². The molecule has 0 aromatic carbocycles. The van der Waals surface area contributed by atoms with Crippen LogP contribution in [0.5, 0.6) is 0 Å². The van der Waals surface area contributed by atoms with E-state index >= 15 is 0 Å². The Morgan fingerprint density at radius 3 is 3.00 bits per heavy atom. The van der Waals surface area contributed by atoms with Crippen LogP contribution in [0.2, 0.25) is 0 Å². The number of hydrogen-bond acceptors (Lipinski definition) is 6. The van der Waals surface area contributed by atoms with Crippen LogP contribution in [-0.2, 0) is 6.54 Å². The third-order valence-corrected chi connectivity index (χ3v) is 3.77. The number of aromatic nitrogens is 2. The average Bonchev–Trinajstić information content (AvgIpc) is 2.87. The molecule has 92 valence electrons. The number of rotatable bonds is 5. The van der Waals surface area contributed by atoms with Crippen LogP contribution in [0.3, 0.4) is 0 Å². The second kappa shape index (κ2) is 5.72. The topological polar surface area (TPSA) is 62.4 Å². The lowest BCUT2D eigenvalue weighted by atomic mass is 10.4. The summed E-state index contributed by atoms with van der Waals surface area (Å²) in [6, 6.07) is 3.90. The van der Waals surface area contributed by atoms with Crippen molar-refractivity contribution in [3.8, 4) is 10.7 Å². The largest absolute Gasteiger partial charge is 0.395 e. The van der Waals surface area contributed by atoms with E-state index < -0.39 is 0 Å². The summed E-state index contributed by atoms with van der Waals surface area (Å²) in [5, 5.41) is 12.7. The number of hydrogen-bond donors (Lipinski definition) is 1. The van der Waals surface area contributed by atoms with Crippen molar-refractivity contribution >= 4 is 27.3 Å². The number of aliphatic hydroxyl groups excluding tert-OH is 1. The quantitative estimate of drug-likeness (QED) is 0.913. The summed E-state index contributed by atoms with van der Waals surface area (Å²) in [5.41, 5.74) is 0. The van der Waals surface area contributed by atoms with Gasteiger partial charge in [0.2, 0.25) is 11.7 Å². The molecule has 17 heavy (non-hydrogen) atoms. The molecule has 2 aromatic rings. The number of aliphatic hydroxyl groups is 1. The predicted molar refractivity (Wildman–Crippen MR) is 68.7 cm³/mol. The fraction of sp³-hybridized carbons (Fsp3) is 0.400. The van der Waals surface area contributed by atoms with E-state index in [1.54, 1.807) is 11.3 Å². The molecule has 2 rings (SSSR count). The van der Waals surface area contributed by atoms with E-state index in [4.69, 9.17) is 9.63 Å². The van der Waals surface area contributed by atoms with Gasteiger partial charge in [-0.15, -0.1) is 11.3 Å². The number of likely N-dealkylation sites (N-methyl/N-ethyl adjacent to an activating group) is 1. The smallest absolute Gasteiger partial charge is 0.241 e. The van der Waals surface area contributed by atoms with Gasteiger partial charge in [-0.05, 0) is 35.1 Å². The molecule has 0 bridgehead atoms. The molecule has 2 heterocycles. The molecule has 0 saturated heterocycles. The summed E-state index contributed by atoms with van der Waals surface area (Å²) < 4.78 is 6.19. The van der Waals surface area contributed by atoms with E-state index in [0.717, 1.165) is 8.66 Å². The fourth-order valence-corrected chi connectivity index (χ4v) is 2.65. The monoisotopic (exact) mass is 317 g/mol. The molecule has 0 fully saturated rings. The lowest BCUT2D eigenvalue weighted by Crippen LogP contribution is -2.21. The Bertz CT molecular complexity index is 485. The Hall–Kier alpha value is -0.760. The zero-order chi connectivity index (χ0) is 12.3. The van der Waals surface area contributed by atoms with Gasteiger partial charge in [-0.1, -0.05) is 5.16 Å². The highest BCUT2D eigenvalue weighted by Crippen LogP contribution is 2.29. The molecular weight excluding hydrogens is 306 g/mol. The summed E-state index contributed by atoms with van der Waals surface area (Å²) >= 11 is 4.95. The first-order chi connectivity index (χ1) is 8.19. The zero-order valence-corrected chi connectivity index (χ0v) is 11.7. The molecule has 0 spiro atoms. The highest BCUT2D eigenvalue weighted by atomic mass is 79.9. The van der Waals surface area contributed by atoms with Crippen LogP contribution < -0.4 is 0 Å². The lowest BCUT2D eigenvalue weighted by molar-refractivity contribution is 0.200. The van der Waals surface area contributed by atoms with Crippen molar-refractivity contribution in [3.05, 3.63) is 21.8 Å². The van der Waals surface area contributed by atoms with Gasteiger partial charge in [0.1, 0.15) is 0 Å². The van der Waals surface area contributed by atoms with E-state index in [9.17, 15) is 0 Å². The van der Waals surface area contributed by atoms with Gasteiger partial charge in [-0.2, -0.15) is 4.98 Å². The molecule has 0 unspecified atom stereocenters. The van der Waals surface area contributed by atoms with E-state index in [2.05, 4.69) is 26.1 Å². The second-order valence-electron chi connectivity index (χ2n) is 3.58. The molecule has 0 aliphatic carbocycles. The van der Waals surface area contributed by atoms with Crippen molar-refractivity contribution in [1.82, 2.24) is 15.0 Å². The zero-order valence-electron chi connectivity index (χ0n) is 9.26. The Kier molecular flexibility index (Phi) is 4.27. The third kappa shape index (κ3) is 3.35. The number of thiophene rings is 1. The first-order valence-corrected chi connectivity index (χ1v) is 6.67. The first-order valence-electron chi connectivity index (χ1n) is 5.06. The third-order valence-electron chi connectivity index (χ3n) is 2.15. The number of nitrogens with zero attached hydrogens (tertiary/aromatic N) is 3.